The van der Waals surface area contributed by atoms with Gasteiger partial charge in [-0.3, -0.25) is 14.3 Å². The zero-order chi connectivity index (χ0) is 26.9. The molecule has 0 saturated carbocycles. The molecule has 4 aromatic carbocycles. The monoisotopic (exact) mass is 564 g/mol. The van der Waals surface area contributed by atoms with Crippen molar-refractivity contribution in [2.75, 3.05) is 16.2 Å². The fourth-order valence-corrected chi connectivity index (χ4v) is 5.96. The number of carbonyl (C=O) groups is 2. The number of carbonyl (C=O) groups excluding carboxylic acids is 2. The maximum Gasteiger partial charge on any atom is 0.261 e. The summed E-state index contributed by atoms with van der Waals surface area (Å²) in [5.74, 6) is -0.557. The molecule has 1 aliphatic heterocycles. The highest BCUT2D eigenvalue weighted by molar-refractivity contribution is 7.92. The van der Waals surface area contributed by atoms with E-state index in [0.717, 1.165) is 5.56 Å². The van der Waals surface area contributed by atoms with Gasteiger partial charge in [0.2, 0.25) is 0 Å². The van der Waals surface area contributed by atoms with Gasteiger partial charge in [-0.25, -0.2) is 8.42 Å². The Hall–Kier alpha value is -3.65. The molecular weight excluding hydrogens is 543 g/mol. The first-order chi connectivity index (χ1) is 18.2. The van der Waals surface area contributed by atoms with Gasteiger partial charge in [-0.05, 0) is 73.0 Å². The second-order valence-electron chi connectivity index (χ2n) is 8.85. The van der Waals surface area contributed by atoms with Gasteiger partial charge >= 0.3 is 0 Å². The summed E-state index contributed by atoms with van der Waals surface area (Å²) in [6.07, 6.45) is 1.31. The zero-order valence-electron chi connectivity index (χ0n) is 20.0. The Balaban J connectivity index is 1.45. The molecule has 0 aromatic heterocycles. The quantitative estimate of drug-likeness (QED) is 0.267. The fraction of sp³-hybridized carbons (Fsp3) is 0.103. The first kappa shape index (κ1) is 26.0. The third-order valence-corrected chi connectivity index (χ3v) is 8.14. The maximum atomic E-state index is 13.4. The topological polar surface area (TPSA) is 83.6 Å². The van der Waals surface area contributed by atoms with Crippen LogP contribution in [0.15, 0.2) is 95.9 Å². The first-order valence-corrected chi connectivity index (χ1v) is 14.1. The van der Waals surface area contributed by atoms with Crippen LogP contribution in [0.4, 0.5) is 11.4 Å². The van der Waals surface area contributed by atoms with E-state index in [1.54, 1.807) is 71.6 Å². The van der Waals surface area contributed by atoms with Crippen LogP contribution in [0.2, 0.25) is 10.0 Å². The molecule has 0 bridgehead atoms. The molecule has 0 spiro atoms. The lowest BCUT2D eigenvalue weighted by atomic mass is 10.0. The summed E-state index contributed by atoms with van der Waals surface area (Å²) in [6.45, 7) is 0.512. The lowest BCUT2D eigenvalue weighted by molar-refractivity contribution is 0.0984. The van der Waals surface area contributed by atoms with Gasteiger partial charge in [-0.1, -0.05) is 59.6 Å². The predicted molar refractivity (Wildman–Crippen MR) is 150 cm³/mol. The number of benzene rings is 4. The number of anilines is 2. The van der Waals surface area contributed by atoms with Gasteiger partial charge in [0.05, 0.1) is 10.6 Å². The molecule has 0 aliphatic carbocycles. The molecule has 9 heteroatoms. The number of nitrogens with zero attached hydrogens (tertiary/aromatic N) is 1. The van der Waals surface area contributed by atoms with Crippen LogP contribution in [0.1, 0.15) is 38.3 Å². The molecule has 1 N–H and O–H groups in total. The molecule has 0 saturated heterocycles. The molecule has 1 aliphatic rings. The van der Waals surface area contributed by atoms with Crippen molar-refractivity contribution in [3.63, 3.8) is 0 Å². The zero-order valence-corrected chi connectivity index (χ0v) is 22.4. The van der Waals surface area contributed by atoms with Crippen LogP contribution in [-0.2, 0) is 16.4 Å². The van der Waals surface area contributed by atoms with Crippen molar-refractivity contribution in [2.24, 2.45) is 0 Å². The van der Waals surface area contributed by atoms with E-state index in [1.807, 2.05) is 0 Å². The summed E-state index contributed by atoms with van der Waals surface area (Å²) < 4.78 is 29.4. The summed E-state index contributed by atoms with van der Waals surface area (Å²) in [4.78, 5) is 28.0. The average molecular weight is 565 g/mol. The molecule has 0 atom stereocenters. The van der Waals surface area contributed by atoms with E-state index < -0.39 is 10.0 Å². The van der Waals surface area contributed by atoms with E-state index >= 15 is 0 Å². The molecule has 0 radical (unpaired) electrons. The third kappa shape index (κ3) is 5.31. The average Bonchev–Trinajstić information content (AvgIpc) is 2.93. The second kappa shape index (κ2) is 10.6. The maximum absolute atomic E-state index is 13.4. The van der Waals surface area contributed by atoms with Crippen LogP contribution < -0.4 is 9.62 Å². The largest absolute Gasteiger partial charge is 0.308 e. The number of hydrogen-bond acceptors (Lipinski definition) is 4. The molecule has 5 rings (SSSR count). The van der Waals surface area contributed by atoms with E-state index in [4.69, 9.17) is 23.2 Å². The van der Waals surface area contributed by atoms with Crippen molar-refractivity contribution >= 4 is 56.3 Å². The van der Waals surface area contributed by atoms with Crippen LogP contribution in [0.3, 0.4) is 0 Å². The Bertz CT molecular complexity index is 1660. The van der Waals surface area contributed by atoms with Crippen LogP contribution in [0.25, 0.3) is 0 Å². The van der Waals surface area contributed by atoms with Crippen LogP contribution >= 0.6 is 23.2 Å². The Labute approximate surface area is 230 Å². The highest BCUT2D eigenvalue weighted by atomic mass is 35.5. The van der Waals surface area contributed by atoms with E-state index in [9.17, 15) is 18.0 Å². The van der Waals surface area contributed by atoms with Gasteiger partial charge in [0.15, 0.2) is 5.78 Å². The molecule has 1 amide bonds. The highest BCUT2D eigenvalue weighted by Crippen LogP contribution is 2.32. The molecule has 0 unspecified atom stereocenters. The molecular formula is C29H22Cl2N2O4S. The van der Waals surface area contributed by atoms with E-state index in [1.165, 1.54) is 24.3 Å². The minimum absolute atomic E-state index is 0.0290. The highest BCUT2D eigenvalue weighted by Gasteiger charge is 2.27. The Morgan fingerprint density at radius 2 is 1.53 bits per heavy atom. The minimum atomic E-state index is -4.06. The van der Waals surface area contributed by atoms with Crippen LogP contribution in [-0.4, -0.2) is 26.7 Å². The minimum Gasteiger partial charge on any atom is -0.308 e. The third-order valence-electron chi connectivity index (χ3n) is 6.30. The number of nitrogens with one attached hydrogen (secondary N) is 1. The van der Waals surface area contributed by atoms with Gasteiger partial charge in [-0.2, -0.15) is 0 Å². The van der Waals surface area contributed by atoms with Crippen molar-refractivity contribution in [1.82, 2.24) is 0 Å². The fourth-order valence-electron chi connectivity index (χ4n) is 4.47. The lowest BCUT2D eigenvalue weighted by Crippen LogP contribution is -2.35. The number of ketones is 1. The number of fused-ring (bicyclic) bond motifs is 1. The smallest absolute Gasteiger partial charge is 0.261 e. The predicted octanol–water partition coefficient (Wildman–Crippen LogP) is 6.62. The van der Waals surface area contributed by atoms with Gasteiger partial charge in [-0.15, -0.1) is 0 Å². The number of sulfonamides is 1. The van der Waals surface area contributed by atoms with Crippen molar-refractivity contribution in [1.29, 1.82) is 0 Å². The molecule has 6 nitrogen and oxygen atoms in total. The summed E-state index contributed by atoms with van der Waals surface area (Å²) in [7, 11) is -4.06. The standard InChI is InChI=1S/C29H22Cl2N2O4S/c30-22-10-4-8-21(16-22)29(35)33-15-5-9-20-17-24(12-14-27(20)33)38(36,37)32-26-13-11-23(31)18-25(26)28(34)19-6-2-1-3-7-19/h1-4,6-8,10-14,16-18,32H,5,9,15H2. The number of halogens is 2. The Morgan fingerprint density at radius 3 is 2.29 bits per heavy atom. The lowest BCUT2D eigenvalue weighted by Gasteiger charge is -2.30. The van der Waals surface area contributed by atoms with Gasteiger partial charge in [0.1, 0.15) is 0 Å². The summed E-state index contributed by atoms with van der Waals surface area (Å²) in [6, 6.07) is 24.4. The van der Waals surface area contributed by atoms with E-state index in [-0.39, 0.29) is 27.8 Å². The van der Waals surface area contributed by atoms with Gasteiger partial charge < -0.3 is 4.90 Å². The Kier molecular flexibility index (Phi) is 7.25. The van der Waals surface area contributed by atoms with E-state index in [2.05, 4.69) is 4.72 Å². The van der Waals surface area contributed by atoms with Crippen molar-refractivity contribution in [3.05, 3.63) is 123 Å². The van der Waals surface area contributed by atoms with Crippen LogP contribution in [0.5, 0.6) is 0 Å². The first-order valence-electron chi connectivity index (χ1n) is 11.9. The van der Waals surface area contributed by atoms with Gasteiger partial charge in [0, 0.05) is 39.0 Å². The molecule has 0 fully saturated rings. The van der Waals surface area contributed by atoms with Crippen molar-refractivity contribution in [2.45, 2.75) is 17.7 Å². The van der Waals surface area contributed by atoms with E-state index in [0.29, 0.717) is 46.2 Å². The molecule has 1 heterocycles. The summed E-state index contributed by atoms with van der Waals surface area (Å²) in [5.41, 5.74) is 2.54. The normalized spacial score (nSPS) is 13.1. The summed E-state index contributed by atoms with van der Waals surface area (Å²) in [5, 5.41) is 0.776. The molecule has 4 aromatic rings. The number of aryl methyl sites for hydroxylation is 1. The number of rotatable bonds is 6. The number of hydrogen-bond donors (Lipinski definition) is 1. The Morgan fingerprint density at radius 1 is 0.789 bits per heavy atom. The van der Waals surface area contributed by atoms with Gasteiger partial charge in [0.25, 0.3) is 15.9 Å². The SMILES string of the molecule is O=C(c1ccccc1)c1cc(Cl)ccc1NS(=O)(=O)c1ccc2c(c1)CCCN2C(=O)c1cccc(Cl)c1. The molecule has 192 valence electrons. The number of amides is 1. The van der Waals surface area contributed by atoms with Crippen molar-refractivity contribution < 1.29 is 18.0 Å². The van der Waals surface area contributed by atoms with Crippen LogP contribution in [0, 0.1) is 0 Å². The second-order valence-corrected chi connectivity index (χ2v) is 11.4. The van der Waals surface area contributed by atoms with Crippen molar-refractivity contribution in [3.8, 4) is 0 Å². The summed E-state index contributed by atoms with van der Waals surface area (Å²) >= 11 is 12.2. The molecule has 38 heavy (non-hydrogen) atoms.